The molecule has 1 aromatic carbocycles. The summed E-state index contributed by atoms with van der Waals surface area (Å²) in [4.78, 5) is 0.861. The third kappa shape index (κ3) is 2.81. The Kier molecular flexibility index (Phi) is 4.54. The third-order valence-electron chi connectivity index (χ3n) is 3.89. The van der Waals surface area contributed by atoms with Crippen LogP contribution in [0.5, 0.6) is 0 Å². The molecule has 0 bridgehead atoms. The molecular formula is C15H19NOS. The molecule has 1 aliphatic rings. The second-order valence-electron chi connectivity index (χ2n) is 4.97. The van der Waals surface area contributed by atoms with Gasteiger partial charge >= 0.3 is 0 Å². The van der Waals surface area contributed by atoms with Crippen molar-refractivity contribution >= 4 is 10.8 Å². The lowest BCUT2D eigenvalue weighted by atomic mass is 9.81. The van der Waals surface area contributed by atoms with Crippen molar-refractivity contribution in [3.63, 3.8) is 0 Å². The Labute approximate surface area is 111 Å². The van der Waals surface area contributed by atoms with Gasteiger partial charge in [0, 0.05) is 4.90 Å². The van der Waals surface area contributed by atoms with Crippen molar-refractivity contribution < 1.29 is 4.21 Å². The van der Waals surface area contributed by atoms with Gasteiger partial charge < -0.3 is 0 Å². The van der Waals surface area contributed by atoms with Gasteiger partial charge in [-0.3, -0.25) is 4.21 Å². The third-order valence-corrected chi connectivity index (χ3v) is 5.70. The summed E-state index contributed by atoms with van der Waals surface area (Å²) in [5, 5.41) is 9.24. The van der Waals surface area contributed by atoms with Crippen molar-refractivity contribution in [1.29, 1.82) is 5.26 Å². The molecule has 96 valence electrons. The van der Waals surface area contributed by atoms with E-state index in [0.29, 0.717) is 5.92 Å². The lowest BCUT2D eigenvalue weighted by Gasteiger charge is -2.31. The summed E-state index contributed by atoms with van der Waals surface area (Å²) in [5.74, 6) is 0.584. The van der Waals surface area contributed by atoms with E-state index >= 15 is 0 Å². The predicted molar refractivity (Wildman–Crippen MR) is 73.4 cm³/mol. The molecule has 18 heavy (non-hydrogen) atoms. The Hall–Kier alpha value is -1.14. The average molecular weight is 261 g/mol. The number of hydrogen-bond acceptors (Lipinski definition) is 2. The predicted octanol–water partition coefficient (Wildman–Crippen LogP) is 3.51. The zero-order valence-corrected chi connectivity index (χ0v) is 11.5. The van der Waals surface area contributed by atoms with E-state index in [1.54, 1.807) is 0 Å². The SMILES string of the molecule is CCC1CCC(C#N)C(S(=O)c2ccccc2)C1. The van der Waals surface area contributed by atoms with Crippen LogP contribution >= 0.6 is 0 Å². The minimum absolute atomic E-state index is 0.0103. The van der Waals surface area contributed by atoms with Crippen LogP contribution in [0, 0.1) is 23.2 Å². The summed E-state index contributed by atoms with van der Waals surface area (Å²) in [5.41, 5.74) is 0. The number of nitrogens with zero attached hydrogens (tertiary/aromatic N) is 1. The van der Waals surface area contributed by atoms with E-state index in [0.717, 1.165) is 30.6 Å². The largest absolute Gasteiger partial charge is 0.254 e. The van der Waals surface area contributed by atoms with E-state index in [1.807, 2.05) is 30.3 Å². The highest BCUT2D eigenvalue weighted by molar-refractivity contribution is 7.85. The van der Waals surface area contributed by atoms with Gasteiger partial charge in [0.05, 0.1) is 28.0 Å². The normalized spacial score (nSPS) is 29.4. The Morgan fingerprint density at radius 1 is 1.33 bits per heavy atom. The Morgan fingerprint density at radius 3 is 2.67 bits per heavy atom. The van der Waals surface area contributed by atoms with Crippen molar-refractivity contribution in [2.24, 2.45) is 11.8 Å². The molecule has 0 aliphatic heterocycles. The first kappa shape index (κ1) is 13.3. The number of nitriles is 1. The molecule has 2 nitrogen and oxygen atoms in total. The van der Waals surface area contributed by atoms with E-state index in [9.17, 15) is 9.47 Å². The maximum atomic E-state index is 12.6. The van der Waals surface area contributed by atoms with E-state index in [-0.39, 0.29) is 11.2 Å². The maximum Gasteiger partial charge on any atom is 0.0668 e. The lowest BCUT2D eigenvalue weighted by molar-refractivity contribution is 0.313. The van der Waals surface area contributed by atoms with E-state index in [1.165, 1.54) is 0 Å². The minimum Gasteiger partial charge on any atom is -0.254 e. The first-order valence-electron chi connectivity index (χ1n) is 6.61. The molecule has 4 atom stereocenters. The molecule has 2 rings (SSSR count). The van der Waals surface area contributed by atoms with Crippen LogP contribution in [-0.4, -0.2) is 9.46 Å². The molecule has 3 heteroatoms. The van der Waals surface area contributed by atoms with Crippen LogP contribution in [0.25, 0.3) is 0 Å². The maximum absolute atomic E-state index is 12.6. The highest BCUT2D eigenvalue weighted by Crippen LogP contribution is 2.35. The highest BCUT2D eigenvalue weighted by Gasteiger charge is 2.34. The van der Waals surface area contributed by atoms with Crippen LogP contribution in [0.1, 0.15) is 32.6 Å². The van der Waals surface area contributed by atoms with E-state index < -0.39 is 10.8 Å². The van der Waals surface area contributed by atoms with Crippen LogP contribution in [0.4, 0.5) is 0 Å². The number of rotatable bonds is 3. The van der Waals surface area contributed by atoms with Gasteiger partial charge in [-0.2, -0.15) is 5.26 Å². The number of benzene rings is 1. The second kappa shape index (κ2) is 6.15. The van der Waals surface area contributed by atoms with Gasteiger partial charge in [0.1, 0.15) is 0 Å². The fraction of sp³-hybridized carbons (Fsp3) is 0.533. The van der Waals surface area contributed by atoms with Gasteiger partial charge in [-0.25, -0.2) is 0 Å². The molecular weight excluding hydrogens is 242 g/mol. The van der Waals surface area contributed by atoms with Gasteiger partial charge in [-0.15, -0.1) is 0 Å². The van der Waals surface area contributed by atoms with Crippen molar-refractivity contribution in [2.45, 2.75) is 42.8 Å². The van der Waals surface area contributed by atoms with Crippen LogP contribution in [-0.2, 0) is 10.8 Å². The summed E-state index contributed by atoms with van der Waals surface area (Å²) < 4.78 is 12.6. The van der Waals surface area contributed by atoms with Gasteiger partial charge in [0.25, 0.3) is 0 Å². The summed E-state index contributed by atoms with van der Waals surface area (Å²) in [6.07, 6.45) is 4.06. The van der Waals surface area contributed by atoms with Gasteiger partial charge in [0.15, 0.2) is 0 Å². The first-order chi connectivity index (χ1) is 8.76. The monoisotopic (exact) mass is 261 g/mol. The molecule has 0 amide bonds. The molecule has 1 saturated carbocycles. The van der Waals surface area contributed by atoms with Crippen LogP contribution in [0.3, 0.4) is 0 Å². The molecule has 0 N–H and O–H groups in total. The summed E-state index contributed by atoms with van der Waals surface area (Å²) in [6.45, 7) is 2.18. The topological polar surface area (TPSA) is 40.9 Å². The molecule has 1 aromatic rings. The minimum atomic E-state index is -1.04. The van der Waals surface area contributed by atoms with Crippen LogP contribution in [0.2, 0.25) is 0 Å². The van der Waals surface area contributed by atoms with Gasteiger partial charge in [0.2, 0.25) is 0 Å². The van der Waals surface area contributed by atoms with Crippen molar-refractivity contribution in [1.82, 2.24) is 0 Å². The lowest BCUT2D eigenvalue weighted by Crippen LogP contribution is -2.32. The van der Waals surface area contributed by atoms with Crippen LogP contribution in [0.15, 0.2) is 35.2 Å². The van der Waals surface area contributed by atoms with Crippen molar-refractivity contribution in [3.05, 3.63) is 30.3 Å². The van der Waals surface area contributed by atoms with Crippen LogP contribution < -0.4 is 0 Å². The second-order valence-corrected chi connectivity index (χ2v) is 6.64. The van der Waals surface area contributed by atoms with Gasteiger partial charge in [-0.05, 0) is 37.3 Å². The zero-order valence-electron chi connectivity index (χ0n) is 10.7. The van der Waals surface area contributed by atoms with Crippen molar-refractivity contribution in [3.8, 4) is 6.07 Å². The molecule has 0 aromatic heterocycles. The first-order valence-corrected chi connectivity index (χ1v) is 7.82. The Bertz CT molecular complexity index is 451. The molecule has 1 aliphatic carbocycles. The summed E-state index contributed by atoms with van der Waals surface area (Å²) in [6, 6.07) is 11.9. The van der Waals surface area contributed by atoms with Gasteiger partial charge in [-0.1, -0.05) is 31.5 Å². The fourth-order valence-electron chi connectivity index (χ4n) is 2.70. The molecule has 4 unspecified atom stereocenters. The quantitative estimate of drug-likeness (QED) is 0.835. The highest BCUT2D eigenvalue weighted by atomic mass is 32.2. The van der Waals surface area contributed by atoms with E-state index in [2.05, 4.69) is 13.0 Å². The molecule has 0 radical (unpaired) electrons. The summed E-state index contributed by atoms with van der Waals surface area (Å²) >= 11 is 0. The Balaban J connectivity index is 2.18. The molecule has 0 heterocycles. The average Bonchev–Trinajstić information content (AvgIpc) is 2.46. The fourth-order valence-corrected chi connectivity index (χ4v) is 4.41. The standard InChI is InChI=1S/C15H19NOS/c1-2-12-8-9-13(11-16)15(10-12)18(17)14-6-4-3-5-7-14/h3-7,12-13,15H,2,8-10H2,1H3. The zero-order chi connectivity index (χ0) is 13.0. The molecule has 0 saturated heterocycles. The number of hydrogen-bond donors (Lipinski definition) is 0. The summed E-state index contributed by atoms with van der Waals surface area (Å²) in [7, 11) is -1.04. The molecule has 0 spiro atoms. The Morgan fingerprint density at radius 2 is 2.06 bits per heavy atom. The smallest absolute Gasteiger partial charge is 0.0668 e. The van der Waals surface area contributed by atoms with Crippen molar-refractivity contribution in [2.75, 3.05) is 0 Å². The van der Waals surface area contributed by atoms with E-state index in [4.69, 9.17) is 0 Å². The molecule has 1 fully saturated rings.